The third kappa shape index (κ3) is 5.11. The van der Waals surface area contributed by atoms with E-state index in [4.69, 9.17) is 9.47 Å². The third-order valence-electron chi connectivity index (χ3n) is 4.88. The van der Waals surface area contributed by atoms with Gasteiger partial charge in [-0.3, -0.25) is 9.79 Å². The smallest absolute Gasteiger partial charge is 0.231 e. The van der Waals surface area contributed by atoms with Crippen molar-refractivity contribution < 1.29 is 14.3 Å². The molecule has 0 aromatic heterocycles. The number of guanidine groups is 1. The molecule has 1 saturated heterocycles. The highest BCUT2D eigenvalue weighted by Crippen LogP contribution is 2.32. The molecule has 2 heterocycles. The van der Waals surface area contributed by atoms with Crippen molar-refractivity contribution in [3.05, 3.63) is 53.6 Å². The number of nitrogens with zero attached hydrogens (tertiary/aromatic N) is 2. The second-order valence-corrected chi connectivity index (χ2v) is 6.79. The van der Waals surface area contributed by atoms with Gasteiger partial charge in [-0.1, -0.05) is 18.2 Å². The molecule has 154 valence electrons. The van der Waals surface area contributed by atoms with E-state index in [1.54, 1.807) is 7.05 Å². The number of amides is 1. The summed E-state index contributed by atoms with van der Waals surface area (Å²) in [5.74, 6) is 2.46. The van der Waals surface area contributed by atoms with Gasteiger partial charge in [-0.2, -0.15) is 0 Å². The molecule has 1 amide bonds. The minimum atomic E-state index is 0. The molecule has 0 bridgehead atoms. The molecule has 7 nitrogen and oxygen atoms in total. The summed E-state index contributed by atoms with van der Waals surface area (Å²) in [6.45, 7) is 2.32. The fourth-order valence-corrected chi connectivity index (χ4v) is 3.40. The van der Waals surface area contributed by atoms with Crippen molar-refractivity contribution in [3.63, 3.8) is 0 Å². The SMILES string of the molecule is CN=C(NCc1cccc(N2CCCC2=O)c1)NCc1ccc2c(c1)OCO2.I. The molecule has 4 rings (SSSR count). The number of halogens is 1. The van der Waals surface area contributed by atoms with Gasteiger partial charge in [0.15, 0.2) is 17.5 Å². The maximum Gasteiger partial charge on any atom is 0.231 e. The zero-order valence-electron chi connectivity index (χ0n) is 16.3. The lowest BCUT2D eigenvalue weighted by Crippen LogP contribution is -2.36. The van der Waals surface area contributed by atoms with Gasteiger partial charge in [0.1, 0.15) is 0 Å². The molecule has 2 N–H and O–H groups in total. The Kier molecular flexibility index (Phi) is 7.18. The predicted molar refractivity (Wildman–Crippen MR) is 123 cm³/mol. The third-order valence-corrected chi connectivity index (χ3v) is 4.88. The molecule has 8 heteroatoms. The standard InChI is InChI=1S/C21H24N4O3.HI/c1-22-21(24-13-16-7-8-18-19(11-16)28-14-27-18)23-12-15-4-2-5-17(10-15)25-9-3-6-20(25)26;/h2,4-5,7-8,10-11H,3,6,9,12-14H2,1H3,(H2,22,23,24);1H. The Hall–Kier alpha value is -2.49. The van der Waals surface area contributed by atoms with Crippen molar-refractivity contribution in [2.24, 2.45) is 4.99 Å². The summed E-state index contributed by atoms with van der Waals surface area (Å²) >= 11 is 0. The Morgan fingerprint density at radius 2 is 1.83 bits per heavy atom. The van der Waals surface area contributed by atoms with Gasteiger partial charge in [0.25, 0.3) is 0 Å². The predicted octanol–water partition coefficient (Wildman–Crippen LogP) is 3.03. The van der Waals surface area contributed by atoms with Gasteiger partial charge in [-0.15, -0.1) is 24.0 Å². The number of rotatable bonds is 5. The molecular formula is C21H25IN4O3. The van der Waals surface area contributed by atoms with E-state index in [1.807, 2.05) is 41.3 Å². The summed E-state index contributed by atoms with van der Waals surface area (Å²) in [5, 5.41) is 6.62. The largest absolute Gasteiger partial charge is 0.454 e. The highest BCUT2D eigenvalue weighted by atomic mass is 127. The number of anilines is 1. The number of ether oxygens (including phenoxy) is 2. The fourth-order valence-electron chi connectivity index (χ4n) is 3.40. The minimum absolute atomic E-state index is 0. The van der Waals surface area contributed by atoms with Crippen LogP contribution in [0.2, 0.25) is 0 Å². The fraction of sp³-hybridized carbons (Fsp3) is 0.333. The lowest BCUT2D eigenvalue weighted by Gasteiger charge is -2.17. The van der Waals surface area contributed by atoms with Crippen molar-refractivity contribution in [1.29, 1.82) is 0 Å². The van der Waals surface area contributed by atoms with E-state index in [0.717, 1.165) is 41.3 Å². The van der Waals surface area contributed by atoms with Gasteiger partial charge in [-0.25, -0.2) is 0 Å². The molecule has 2 aliphatic heterocycles. The normalized spacial score (nSPS) is 15.3. The van der Waals surface area contributed by atoms with Gasteiger partial charge >= 0.3 is 0 Å². The van der Waals surface area contributed by atoms with E-state index in [0.29, 0.717) is 25.5 Å². The highest BCUT2D eigenvalue weighted by Gasteiger charge is 2.21. The molecule has 2 aromatic rings. The summed E-state index contributed by atoms with van der Waals surface area (Å²) < 4.78 is 10.8. The van der Waals surface area contributed by atoms with Crippen LogP contribution in [0.3, 0.4) is 0 Å². The summed E-state index contributed by atoms with van der Waals surface area (Å²) in [7, 11) is 1.74. The molecular weight excluding hydrogens is 483 g/mol. The Bertz CT molecular complexity index is 903. The van der Waals surface area contributed by atoms with Crippen LogP contribution in [0.25, 0.3) is 0 Å². The summed E-state index contributed by atoms with van der Waals surface area (Å²) in [6.07, 6.45) is 1.57. The Morgan fingerprint density at radius 1 is 1.07 bits per heavy atom. The van der Waals surface area contributed by atoms with Crippen LogP contribution in [0.1, 0.15) is 24.0 Å². The van der Waals surface area contributed by atoms with E-state index < -0.39 is 0 Å². The zero-order valence-corrected chi connectivity index (χ0v) is 18.6. The van der Waals surface area contributed by atoms with E-state index in [2.05, 4.69) is 21.7 Å². The molecule has 0 saturated carbocycles. The first-order chi connectivity index (χ1) is 13.7. The summed E-state index contributed by atoms with van der Waals surface area (Å²) in [6, 6.07) is 14.0. The average Bonchev–Trinajstić information content (AvgIpc) is 3.36. The lowest BCUT2D eigenvalue weighted by molar-refractivity contribution is -0.117. The van der Waals surface area contributed by atoms with E-state index in [-0.39, 0.29) is 36.7 Å². The van der Waals surface area contributed by atoms with Crippen molar-refractivity contribution in [1.82, 2.24) is 10.6 Å². The van der Waals surface area contributed by atoms with E-state index in [1.165, 1.54) is 0 Å². The average molecular weight is 508 g/mol. The van der Waals surface area contributed by atoms with Crippen LogP contribution in [0.15, 0.2) is 47.5 Å². The second kappa shape index (κ2) is 9.82. The van der Waals surface area contributed by atoms with Crippen LogP contribution in [0.5, 0.6) is 11.5 Å². The van der Waals surface area contributed by atoms with E-state index >= 15 is 0 Å². The van der Waals surface area contributed by atoms with Gasteiger partial charge < -0.3 is 25.0 Å². The Morgan fingerprint density at radius 3 is 2.55 bits per heavy atom. The van der Waals surface area contributed by atoms with Gasteiger partial charge in [-0.05, 0) is 41.8 Å². The van der Waals surface area contributed by atoms with Gasteiger partial charge in [0.05, 0.1) is 0 Å². The topological polar surface area (TPSA) is 75.2 Å². The Balaban J connectivity index is 0.00000240. The quantitative estimate of drug-likeness (QED) is 0.369. The van der Waals surface area contributed by atoms with Crippen molar-refractivity contribution in [2.75, 3.05) is 25.3 Å². The number of hydrogen-bond acceptors (Lipinski definition) is 4. The monoisotopic (exact) mass is 508 g/mol. The maximum atomic E-state index is 12.0. The first-order valence-corrected chi connectivity index (χ1v) is 9.45. The number of carbonyl (C=O) groups excluding carboxylic acids is 1. The molecule has 0 atom stereocenters. The first kappa shape index (κ1) is 21.2. The number of aliphatic imine (C=N–C) groups is 1. The molecule has 0 aliphatic carbocycles. The molecule has 29 heavy (non-hydrogen) atoms. The second-order valence-electron chi connectivity index (χ2n) is 6.79. The highest BCUT2D eigenvalue weighted by molar-refractivity contribution is 14.0. The van der Waals surface area contributed by atoms with Gasteiger partial charge in [0.2, 0.25) is 12.7 Å². The lowest BCUT2D eigenvalue weighted by atomic mass is 10.2. The molecule has 2 aliphatic rings. The minimum Gasteiger partial charge on any atom is -0.454 e. The summed E-state index contributed by atoms with van der Waals surface area (Å²) in [4.78, 5) is 18.1. The first-order valence-electron chi connectivity index (χ1n) is 9.45. The molecule has 1 fully saturated rings. The van der Waals surface area contributed by atoms with Crippen molar-refractivity contribution in [2.45, 2.75) is 25.9 Å². The van der Waals surface area contributed by atoms with Crippen LogP contribution in [-0.4, -0.2) is 32.3 Å². The molecule has 0 unspecified atom stereocenters. The molecule has 0 radical (unpaired) electrons. The van der Waals surface area contributed by atoms with Crippen molar-refractivity contribution >= 4 is 41.5 Å². The molecule has 2 aromatic carbocycles. The van der Waals surface area contributed by atoms with Crippen LogP contribution in [-0.2, 0) is 17.9 Å². The van der Waals surface area contributed by atoms with Crippen LogP contribution >= 0.6 is 24.0 Å². The van der Waals surface area contributed by atoms with E-state index in [9.17, 15) is 4.79 Å². The number of hydrogen-bond donors (Lipinski definition) is 2. The number of carbonyl (C=O) groups is 1. The maximum absolute atomic E-state index is 12.0. The zero-order chi connectivity index (χ0) is 19.3. The van der Waals surface area contributed by atoms with Gasteiger partial charge in [0, 0.05) is 38.8 Å². The number of nitrogens with one attached hydrogen (secondary N) is 2. The van der Waals surface area contributed by atoms with Crippen LogP contribution in [0, 0.1) is 0 Å². The van der Waals surface area contributed by atoms with Crippen LogP contribution < -0.4 is 25.0 Å². The van der Waals surface area contributed by atoms with Crippen molar-refractivity contribution in [3.8, 4) is 11.5 Å². The van der Waals surface area contributed by atoms with Crippen LogP contribution in [0.4, 0.5) is 5.69 Å². The number of benzene rings is 2. The number of fused-ring (bicyclic) bond motifs is 1. The summed E-state index contributed by atoms with van der Waals surface area (Å²) in [5.41, 5.74) is 3.15. The Labute approximate surface area is 187 Å². The molecule has 0 spiro atoms.